The SMILES string of the molecule is CS(=O)(=O)C1(C(=O)N2CCC(Cc3ccccc3C(=O)O)CC2)CCC1. The van der Waals surface area contributed by atoms with Gasteiger partial charge in [-0.3, -0.25) is 4.79 Å². The number of amides is 1. The highest BCUT2D eigenvalue weighted by Gasteiger charge is 2.54. The number of rotatable bonds is 5. The van der Waals surface area contributed by atoms with Crippen LogP contribution in [0.2, 0.25) is 0 Å². The minimum Gasteiger partial charge on any atom is -0.478 e. The van der Waals surface area contributed by atoms with Crippen molar-refractivity contribution in [3.8, 4) is 0 Å². The van der Waals surface area contributed by atoms with E-state index in [1.807, 2.05) is 12.1 Å². The number of likely N-dealkylation sites (tertiary alicyclic amines) is 1. The van der Waals surface area contributed by atoms with Gasteiger partial charge in [0.05, 0.1) is 5.56 Å². The van der Waals surface area contributed by atoms with Gasteiger partial charge in [-0.1, -0.05) is 18.2 Å². The number of carbonyl (C=O) groups excluding carboxylic acids is 1. The van der Waals surface area contributed by atoms with Crippen LogP contribution in [-0.4, -0.2) is 54.4 Å². The highest BCUT2D eigenvalue weighted by atomic mass is 32.2. The summed E-state index contributed by atoms with van der Waals surface area (Å²) in [5, 5.41) is 9.30. The predicted octanol–water partition coefficient (Wildman–Crippen LogP) is 2.13. The Bertz CT molecular complexity index is 805. The summed E-state index contributed by atoms with van der Waals surface area (Å²) in [7, 11) is -3.41. The number of hydrogen-bond acceptors (Lipinski definition) is 4. The summed E-state index contributed by atoms with van der Waals surface area (Å²) >= 11 is 0. The molecule has 1 aliphatic heterocycles. The summed E-state index contributed by atoms with van der Waals surface area (Å²) in [6.45, 7) is 1.08. The van der Waals surface area contributed by atoms with E-state index in [-0.39, 0.29) is 5.91 Å². The number of carboxylic acid groups (broad SMARTS) is 1. The fourth-order valence-electron chi connectivity index (χ4n) is 4.09. The maximum atomic E-state index is 12.8. The van der Waals surface area contributed by atoms with E-state index in [4.69, 9.17) is 0 Å². The number of benzene rings is 1. The molecule has 1 aromatic carbocycles. The zero-order valence-corrected chi connectivity index (χ0v) is 15.8. The first-order valence-electron chi connectivity index (χ1n) is 9.05. The molecule has 1 saturated heterocycles. The highest BCUT2D eigenvalue weighted by molar-refractivity contribution is 7.93. The molecule has 0 radical (unpaired) electrons. The van der Waals surface area contributed by atoms with Crippen molar-refractivity contribution in [2.75, 3.05) is 19.3 Å². The molecule has 0 atom stereocenters. The number of carbonyl (C=O) groups is 2. The first kappa shape index (κ1) is 18.9. The first-order valence-corrected chi connectivity index (χ1v) is 10.9. The largest absolute Gasteiger partial charge is 0.478 e. The second-order valence-electron chi connectivity index (χ2n) is 7.52. The molecule has 1 aromatic rings. The molecule has 142 valence electrons. The van der Waals surface area contributed by atoms with Gasteiger partial charge < -0.3 is 10.0 Å². The van der Waals surface area contributed by atoms with Gasteiger partial charge in [-0.05, 0) is 56.1 Å². The van der Waals surface area contributed by atoms with E-state index in [2.05, 4.69) is 0 Å². The fourth-order valence-corrected chi connectivity index (χ4v) is 5.56. The van der Waals surface area contributed by atoms with Gasteiger partial charge in [0.2, 0.25) is 5.91 Å². The van der Waals surface area contributed by atoms with Crippen LogP contribution in [0.1, 0.15) is 48.0 Å². The second kappa shape index (κ2) is 7.02. The molecule has 2 aliphatic rings. The van der Waals surface area contributed by atoms with E-state index in [9.17, 15) is 23.1 Å². The van der Waals surface area contributed by atoms with E-state index in [0.29, 0.717) is 43.8 Å². The molecule has 0 bridgehead atoms. The lowest BCUT2D eigenvalue weighted by atomic mass is 9.81. The molecule has 1 saturated carbocycles. The zero-order valence-electron chi connectivity index (χ0n) is 15.0. The third-order valence-corrected chi connectivity index (χ3v) is 7.92. The Balaban J connectivity index is 1.63. The van der Waals surface area contributed by atoms with Gasteiger partial charge in [0.25, 0.3) is 0 Å². The third-order valence-electron chi connectivity index (χ3n) is 5.92. The van der Waals surface area contributed by atoms with Crippen LogP contribution in [0, 0.1) is 5.92 Å². The molecule has 0 aromatic heterocycles. The maximum Gasteiger partial charge on any atom is 0.335 e. The summed E-state index contributed by atoms with van der Waals surface area (Å²) in [4.78, 5) is 25.9. The molecule has 1 aliphatic carbocycles. The monoisotopic (exact) mass is 379 g/mol. The van der Waals surface area contributed by atoms with Gasteiger partial charge >= 0.3 is 5.97 Å². The van der Waals surface area contributed by atoms with E-state index >= 15 is 0 Å². The summed E-state index contributed by atoms with van der Waals surface area (Å²) in [6.07, 6.45) is 4.99. The van der Waals surface area contributed by atoms with Crippen LogP contribution in [0.3, 0.4) is 0 Å². The molecule has 1 amide bonds. The van der Waals surface area contributed by atoms with Crippen LogP contribution >= 0.6 is 0 Å². The van der Waals surface area contributed by atoms with Crippen LogP contribution < -0.4 is 0 Å². The van der Waals surface area contributed by atoms with Crippen molar-refractivity contribution in [1.29, 1.82) is 0 Å². The Morgan fingerprint density at radius 3 is 2.31 bits per heavy atom. The van der Waals surface area contributed by atoms with Gasteiger partial charge in [0, 0.05) is 19.3 Å². The van der Waals surface area contributed by atoms with E-state index in [0.717, 1.165) is 24.8 Å². The Morgan fingerprint density at radius 2 is 1.81 bits per heavy atom. The number of hydrogen-bond donors (Lipinski definition) is 1. The molecule has 2 fully saturated rings. The topological polar surface area (TPSA) is 91.8 Å². The van der Waals surface area contributed by atoms with Gasteiger partial charge in [-0.2, -0.15) is 0 Å². The Kier molecular flexibility index (Phi) is 5.10. The van der Waals surface area contributed by atoms with Crippen LogP contribution in [0.4, 0.5) is 0 Å². The lowest BCUT2D eigenvalue weighted by Crippen LogP contribution is -2.59. The van der Waals surface area contributed by atoms with Gasteiger partial charge in [0.15, 0.2) is 14.6 Å². The molecule has 1 heterocycles. The summed E-state index contributed by atoms with van der Waals surface area (Å²) in [5.41, 5.74) is 1.15. The fraction of sp³-hybridized carbons (Fsp3) is 0.579. The lowest BCUT2D eigenvalue weighted by molar-refractivity contribution is -0.137. The predicted molar refractivity (Wildman–Crippen MR) is 97.8 cm³/mol. The van der Waals surface area contributed by atoms with Crippen molar-refractivity contribution in [3.05, 3.63) is 35.4 Å². The normalized spacial score (nSPS) is 20.4. The Hall–Kier alpha value is -1.89. The molecular weight excluding hydrogens is 354 g/mol. The van der Waals surface area contributed by atoms with Crippen LogP contribution in [0.5, 0.6) is 0 Å². The van der Waals surface area contributed by atoms with Crippen molar-refractivity contribution in [3.63, 3.8) is 0 Å². The minimum absolute atomic E-state index is 0.240. The van der Waals surface area contributed by atoms with E-state index in [1.54, 1.807) is 17.0 Å². The van der Waals surface area contributed by atoms with E-state index < -0.39 is 20.6 Å². The molecule has 0 unspecified atom stereocenters. The van der Waals surface area contributed by atoms with Crippen molar-refractivity contribution in [2.24, 2.45) is 5.92 Å². The third kappa shape index (κ3) is 3.37. The standard InChI is InChI=1S/C19H25NO5S/c1-26(24,25)19(9-4-10-19)18(23)20-11-7-14(8-12-20)13-15-5-2-3-6-16(15)17(21)22/h2-3,5-6,14H,4,7-13H2,1H3,(H,21,22). The van der Waals surface area contributed by atoms with Crippen LogP contribution in [-0.2, 0) is 21.1 Å². The molecule has 3 rings (SSSR count). The molecule has 6 nitrogen and oxygen atoms in total. The Labute approximate surface area is 154 Å². The van der Waals surface area contributed by atoms with Crippen LogP contribution in [0.25, 0.3) is 0 Å². The average molecular weight is 379 g/mol. The second-order valence-corrected chi connectivity index (χ2v) is 9.85. The minimum atomic E-state index is -3.41. The van der Waals surface area contributed by atoms with Crippen molar-refractivity contribution >= 4 is 21.7 Å². The summed E-state index contributed by atoms with van der Waals surface area (Å²) < 4.78 is 23.0. The summed E-state index contributed by atoms with van der Waals surface area (Å²) in [6, 6.07) is 7.02. The van der Waals surface area contributed by atoms with Gasteiger partial charge in [-0.25, -0.2) is 13.2 Å². The van der Waals surface area contributed by atoms with Crippen LogP contribution in [0.15, 0.2) is 24.3 Å². The average Bonchev–Trinajstić information content (AvgIpc) is 2.53. The van der Waals surface area contributed by atoms with Gasteiger partial charge in [0.1, 0.15) is 0 Å². The molecule has 1 N–H and O–H groups in total. The van der Waals surface area contributed by atoms with Crippen molar-refractivity contribution in [2.45, 2.75) is 43.3 Å². The van der Waals surface area contributed by atoms with Gasteiger partial charge in [-0.15, -0.1) is 0 Å². The summed E-state index contributed by atoms with van der Waals surface area (Å²) in [5.74, 6) is -0.862. The maximum absolute atomic E-state index is 12.8. The van der Waals surface area contributed by atoms with Crippen molar-refractivity contribution in [1.82, 2.24) is 4.90 Å². The smallest absolute Gasteiger partial charge is 0.335 e. The molecule has 26 heavy (non-hydrogen) atoms. The number of nitrogens with zero attached hydrogens (tertiary/aromatic N) is 1. The van der Waals surface area contributed by atoms with Crippen molar-refractivity contribution < 1.29 is 23.1 Å². The highest BCUT2D eigenvalue weighted by Crippen LogP contribution is 2.41. The molecule has 7 heteroatoms. The number of piperidine rings is 1. The number of sulfone groups is 1. The first-order chi connectivity index (χ1) is 12.2. The molecular formula is C19H25NO5S. The Morgan fingerprint density at radius 1 is 1.19 bits per heavy atom. The number of aromatic carboxylic acids is 1. The quantitative estimate of drug-likeness (QED) is 0.846. The molecule has 0 spiro atoms. The number of carboxylic acids is 1. The lowest BCUT2D eigenvalue weighted by Gasteiger charge is -2.43. The zero-order chi connectivity index (χ0) is 18.9. The van der Waals surface area contributed by atoms with E-state index in [1.165, 1.54) is 6.26 Å².